The van der Waals surface area contributed by atoms with Gasteiger partial charge in [-0.2, -0.15) is 0 Å². The van der Waals surface area contributed by atoms with Gasteiger partial charge in [0.1, 0.15) is 5.69 Å². The normalized spacial score (nSPS) is 20.6. The molecular weight excluding hydrogens is 362 g/mol. The molecule has 2 saturated heterocycles. The van der Waals surface area contributed by atoms with Gasteiger partial charge in [-0.05, 0) is 19.3 Å². The van der Waals surface area contributed by atoms with Gasteiger partial charge in [0.25, 0.3) is 11.8 Å². The van der Waals surface area contributed by atoms with Crippen molar-refractivity contribution in [3.8, 4) is 0 Å². The molecular formula is C19H29N5O4. The van der Waals surface area contributed by atoms with Crippen molar-refractivity contribution in [2.75, 3.05) is 65.7 Å². The molecule has 0 bridgehead atoms. The molecule has 0 aromatic carbocycles. The molecule has 1 aromatic rings. The minimum absolute atomic E-state index is 0.0983. The molecule has 1 aromatic heterocycles. The predicted molar refractivity (Wildman–Crippen MR) is 101 cm³/mol. The van der Waals surface area contributed by atoms with E-state index in [1.807, 2.05) is 4.57 Å². The fourth-order valence-electron chi connectivity index (χ4n) is 4.03. The van der Waals surface area contributed by atoms with Crippen LogP contribution in [-0.4, -0.2) is 96.9 Å². The molecule has 2 amide bonds. The molecule has 0 radical (unpaired) electrons. The fraction of sp³-hybridized carbons (Fsp3) is 0.737. The van der Waals surface area contributed by atoms with E-state index < -0.39 is 0 Å². The van der Waals surface area contributed by atoms with Crippen LogP contribution in [0.15, 0.2) is 0 Å². The minimum atomic E-state index is -0.181. The minimum Gasteiger partial charge on any atom is -0.379 e. The predicted octanol–water partition coefficient (Wildman–Crippen LogP) is -0.246. The molecule has 9 nitrogen and oxygen atoms in total. The van der Waals surface area contributed by atoms with Gasteiger partial charge in [0.05, 0.1) is 32.1 Å². The van der Waals surface area contributed by atoms with Gasteiger partial charge in [0.2, 0.25) is 0 Å². The van der Waals surface area contributed by atoms with Gasteiger partial charge < -0.3 is 24.3 Å². The molecule has 154 valence electrons. The molecule has 28 heavy (non-hydrogen) atoms. The molecule has 4 heterocycles. The highest BCUT2D eigenvalue weighted by atomic mass is 16.5. The number of aromatic nitrogens is 2. The van der Waals surface area contributed by atoms with Gasteiger partial charge in [-0.15, -0.1) is 0 Å². The molecule has 3 aliphatic rings. The SMILES string of the molecule is O=C(NCCN1CCOCC1)c1nc(C(=O)N2CCOCC2)n2c1CCCC2. The van der Waals surface area contributed by atoms with E-state index in [1.165, 1.54) is 0 Å². The van der Waals surface area contributed by atoms with Gasteiger partial charge in [-0.3, -0.25) is 14.5 Å². The molecule has 3 aliphatic heterocycles. The lowest BCUT2D eigenvalue weighted by Gasteiger charge is -2.27. The van der Waals surface area contributed by atoms with E-state index in [0.717, 1.165) is 64.3 Å². The summed E-state index contributed by atoms with van der Waals surface area (Å²) < 4.78 is 12.6. The van der Waals surface area contributed by atoms with Crippen molar-refractivity contribution in [1.82, 2.24) is 24.7 Å². The first-order valence-electron chi connectivity index (χ1n) is 10.3. The van der Waals surface area contributed by atoms with Crippen molar-refractivity contribution >= 4 is 11.8 Å². The first-order valence-corrected chi connectivity index (χ1v) is 10.3. The summed E-state index contributed by atoms with van der Waals surface area (Å²) in [4.78, 5) is 34.3. The van der Waals surface area contributed by atoms with Crippen LogP contribution in [0.3, 0.4) is 0 Å². The Labute approximate surface area is 165 Å². The number of morpholine rings is 2. The van der Waals surface area contributed by atoms with Crippen LogP contribution in [0.5, 0.6) is 0 Å². The maximum atomic E-state index is 13.0. The van der Waals surface area contributed by atoms with E-state index in [-0.39, 0.29) is 11.8 Å². The maximum absolute atomic E-state index is 13.0. The Morgan fingerprint density at radius 3 is 2.43 bits per heavy atom. The molecule has 0 spiro atoms. The third-order valence-corrected chi connectivity index (χ3v) is 5.64. The van der Waals surface area contributed by atoms with E-state index in [0.29, 0.717) is 44.4 Å². The molecule has 1 N–H and O–H groups in total. The average molecular weight is 391 g/mol. The van der Waals surface area contributed by atoms with E-state index in [1.54, 1.807) is 4.90 Å². The zero-order valence-electron chi connectivity index (χ0n) is 16.3. The van der Waals surface area contributed by atoms with E-state index in [2.05, 4.69) is 15.2 Å². The third-order valence-electron chi connectivity index (χ3n) is 5.64. The van der Waals surface area contributed by atoms with Crippen LogP contribution in [0.25, 0.3) is 0 Å². The number of nitrogens with zero attached hydrogens (tertiary/aromatic N) is 4. The first-order chi connectivity index (χ1) is 13.7. The van der Waals surface area contributed by atoms with Gasteiger partial charge >= 0.3 is 0 Å². The van der Waals surface area contributed by atoms with Crippen molar-refractivity contribution in [3.05, 3.63) is 17.2 Å². The Kier molecular flexibility index (Phi) is 6.23. The molecule has 0 atom stereocenters. The molecule has 9 heteroatoms. The number of carbonyl (C=O) groups excluding carboxylic acids is 2. The topological polar surface area (TPSA) is 88.9 Å². The van der Waals surface area contributed by atoms with Crippen molar-refractivity contribution in [3.63, 3.8) is 0 Å². The summed E-state index contributed by atoms with van der Waals surface area (Å²) in [6.45, 7) is 7.64. The van der Waals surface area contributed by atoms with Crippen molar-refractivity contribution in [2.45, 2.75) is 25.8 Å². The number of rotatable bonds is 5. The number of fused-ring (bicyclic) bond motifs is 1. The lowest BCUT2D eigenvalue weighted by Crippen LogP contribution is -2.42. The zero-order valence-corrected chi connectivity index (χ0v) is 16.3. The fourth-order valence-corrected chi connectivity index (χ4v) is 4.03. The van der Waals surface area contributed by atoms with Gasteiger partial charge in [0.15, 0.2) is 5.82 Å². The van der Waals surface area contributed by atoms with Gasteiger partial charge in [-0.1, -0.05) is 0 Å². The number of imidazole rings is 1. The van der Waals surface area contributed by atoms with Crippen LogP contribution < -0.4 is 5.32 Å². The van der Waals surface area contributed by atoms with Crippen LogP contribution in [-0.2, 0) is 22.4 Å². The number of ether oxygens (including phenoxy) is 2. The average Bonchev–Trinajstić information content (AvgIpc) is 3.14. The summed E-state index contributed by atoms with van der Waals surface area (Å²) in [5, 5.41) is 2.99. The molecule has 0 aliphatic carbocycles. The highest BCUT2D eigenvalue weighted by Gasteiger charge is 2.30. The second kappa shape index (κ2) is 9.02. The maximum Gasteiger partial charge on any atom is 0.290 e. The number of nitrogens with one attached hydrogen (secondary N) is 1. The van der Waals surface area contributed by atoms with Crippen LogP contribution in [0.4, 0.5) is 0 Å². The smallest absolute Gasteiger partial charge is 0.290 e. The Hall–Kier alpha value is -1.97. The lowest BCUT2D eigenvalue weighted by atomic mass is 10.1. The van der Waals surface area contributed by atoms with E-state index in [4.69, 9.17) is 9.47 Å². The second-order valence-corrected chi connectivity index (χ2v) is 7.45. The number of carbonyl (C=O) groups is 2. The standard InChI is InChI=1S/C19H29N5O4/c25-18(20-4-6-22-7-11-27-12-8-22)16-15-3-1-2-5-24(15)17(21-16)19(26)23-9-13-28-14-10-23/h1-14H2,(H,20,25). The Morgan fingerprint density at radius 1 is 0.964 bits per heavy atom. The quantitative estimate of drug-likeness (QED) is 0.745. The Morgan fingerprint density at radius 2 is 1.68 bits per heavy atom. The third kappa shape index (κ3) is 4.21. The molecule has 0 saturated carbocycles. The summed E-state index contributed by atoms with van der Waals surface area (Å²) in [6.07, 6.45) is 2.81. The van der Waals surface area contributed by atoms with Crippen molar-refractivity contribution < 1.29 is 19.1 Å². The molecule has 0 unspecified atom stereocenters. The van der Waals surface area contributed by atoms with Crippen molar-refractivity contribution in [1.29, 1.82) is 0 Å². The first kappa shape index (κ1) is 19.4. The summed E-state index contributed by atoms with van der Waals surface area (Å²) in [5.41, 5.74) is 1.31. The van der Waals surface area contributed by atoms with Crippen molar-refractivity contribution in [2.24, 2.45) is 0 Å². The largest absolute Gasteiger partial charge is 0.379 e. The molecule has 4 rings (SSSR count). The summed E-state index contributed by atoms with van der Waals surface area (Å²) >= 11 is 0. The highest BCUT2D eigenvalue weighted by molar-refractivity contribution is 5.97. The number of hydrogen-bond donors (Lipinski definition) is 1. The van der Waals surface area contributed by atoms with Crippen LogP contribution in [0.1, 0.15) is 39.6 Å². The van der Waals surface area contributed by atoms with Crippen LogP contribution in [0, 0.1) is 0 Å². The summed E-state index contributed by atoms with van der Waals surface area (Å²) in [5.74, 6) is 0.119. The Bertz CT molecular complexity index is 707. The molecule has 2 fully saturated rings. The number of amides is 2. The van der Waals surface area contributed by atoms with Crippen LogP contribution >= 0.6 is 0 Å². The lowest BCUT2D eigenvalue weighted by molar-refractivity contribution is 0.0291. The zero-order chi connectivity index (χ0) is 19.3. The van der Waals surface area contributed by atoms with Crippen LogP contribution in [0.2, 0.25) is 0 Å². The number of hydrogen-bond acceptors (Lipinski definition) is 6. The van der Waals surface area contributed by atoms with E-state index in [9.17, 15) is 9.59 Å². The Balaban J connectivity index is 1.44. The van der Waals surface area contributed by atoms with Gasteiger partial charge in [-0.25, -0.2) is 4.98 Å². The second-order valence-electron chi connectivity index (χ2n) is 7.45. The monoisotopic (exact) mass is 391 g/mol. The van der Waals surface area contributed by atoms with Gasteiger partial charge in [0, 0.05) is 45.8 Å². The summed E-state index contributed by atoms with van der Waals surface area (Å²) in [6, 6.07) is 0. The van der Waals surface area contributed by atoms with E-state index >= 15 is 0 Å². The summed E-state index contributed by atoms with van der Waals surface area (Å²) in [7, 11) is 0. The highest BCUT2D eigenvalue weighted by Crippen LogP contribution is 2.22.